The molecule has 0 bridgehead atoms. The molecule has 0 saturated carbocycles. The number of carbonyl (C=O) groups is 1. The standard InChI is InChI=1S/C5H10O2/c1-4(2)5(7)3-6/h4,6H,3H2,1-2H3/i5+2. The fourth-order valence-corrected chi connectivity index (χ4v) is 0.183. The van der Waals surface area contributed by atoms with Crippen molar-refractivity contribution in [3.8, 4) is 0 Å². The first-order valence-electron chi connectivity index (χ1n) is 2.32. The van der Waals surface area contributed by atoms with Crippen LogP contribution in [-0.4, -0.2) is 17.5 Å². The number of rotatable bonds is 2. The highest BCUT2D eigenvalue weighted by Crippen LogP contribution is 1.90. The predicted octanol–water partition coefficient (Wildman–Crippen LogP) is 0.204. The van der Waals surface area contributed by atoms with Gasteiger partial charge in [0.15, 0.2) is 5.78 Å². The summed E-state index contributed by atoms with van der Waals surface area (Å²) in [6.07, 6.45) is 0. The predicted molar refractivity (Wildman–Crippen MR) is 26.9 cm³/mol. The van der Waals surface area contributed by atoms with Crippen molar-refractivity contribution >= 4 is 5.78 Å². The summed E-state index contributed by atoms with van der Waals surface area (Å²) in [5.41, 5.74) is 0. The normalized spacial score (nSPS) is 9.71. The molecule has 42 valence electrons. The van der Waals surface area contributed by atoms with Gasteiger partial charge in [0, 0.05) is 5.92 Å². The van der Waals surface area contributed by atoms with Crippen molar-refractivity contribution in [1.29, 1.82) is 0 Å². The summed E-state index contributed by atoms with van der Waals surface area (Å²) in [4.78, 5) is 10.3. The molecule has 0 aromatic heterocycles. The minimum absolute atomic E-state index is 0.0231. The van der Waals surface area contributed by atoms with Gasteiger partial charge in [-0.3, -0.25) is 4.79 Å². The SMILES string of the molecule is CC(C)[14C](=O)CO. The number of hydrogen-bond donors (Lipinski definition) is 1. The molecule has 0 aliphatic carbocycles. The number of aliphatic hydroxyl groups excluding tert-OH is 1. The molecule has 0 rings (SSSR count). The van der Waals surface area contributed by atoms with Crippen molar-refractivity contribution in [3.05, 3.63) is 0 Å². The molecular weight excluding hydrogens is 94.0 g/mol. The maximum atomic E-state index is 10.3. The van der Waals surface area contributed by atoms with Crippen molar-refractivity contribution < 1.29 is 9.90 Å². The van der Waals surface area contributed by atoms with Gasteiger partial charge in [-0.05, 0) is 0 Å². The molecule has 1 N–H and O–H groups in total. The molecule has 0 amide bonds. The van der Waals surface area contributed by atoms with E-state index in [0.29, 0.717) is 0 Å². The van der Waals surface area contributed by atoms with Crippen molar-refractivity contribution in [1.82, 2.24) is 0 Å². The second kappa shape index (κ2) is 2.75. The largest absolute Gasteiger partial charge is 0.389 e. The summed E-state index contributed by atoms with van der Waals surface area (Å²) < 4.78 is 0. The molecule has 0 spiro atoms. The van der Waals surface area contributed by atoms with E-state index in [4.69, 9.17) is 5.11 Å². The van der Waals surface area contributed by atoms with E-state index in [-0.39, 0.29) is 18.3 Å². The van der Waals surface area contributed by atoms with Crippen LogP contribution >= 0.6 is 0 Å². The third-order valence-corrected chi connectivity index (χ3v) is 0.800. The van der Waals surface area contributed by atoms with Crippen LogP contribution in [0.3, 0.4) is 0 Å². The Bertz CT molecular complexity index is 66.5. The first-order chi connectivity index (χ1) is 3.18. The number of carbonyl (C=O) groups excluding carboxylic acids is 1. The third-order valence-electron chi connectivity index (χ3n) is 0.800. The summed E-state index contributed by atoms with van der Waals surface area (Å²) in [5.74, 6) is -0.120. The molecule has 0 saturated heterocycles. The van der Waals surface area contributed by atoms with Crippen molar-refractivity contribution in [3.63, 3.8) is 0 Å². The van der Waals surface area contributed by atoms with E-state index < -0.39 is 0 Å². The highest BCUT2D eigenvalue weighted by molar-refractivity contribution is 5.81. The van der Waals surface area contributed by atoms with Gasteiger partial charge in [0.05, 0.1) is 0 Å². The van der Waals surface area contributed by atoms with E-state index >= 15 is 0 Å². The van der Waals surface area contributed by atoms with E-state index in [1.807, 2.05) is 0 Å². The van der Waals surface area contributed by atoms with Crippen LogP contribution in [0.15, 0.2) is 0 Å². The van der Waals surface area contributed by atoms with E-state index in [2.05, 4.69) is 0 Å². The van der Waals surface area contributed by atoms with Gasteiger partial charge in [-0.2, -0.15) is 0 Å². The Morgan fingerprint density at radius 1 is 1.71 bits per heavy atom. The molecule has 0 fully saturated rings. The monoisotopic (exact) mass is 104 g/mol. The minimum Gasteiger partial charge on any atom is -0.389 e. The lowest BCUT2D eigenvalue weighted by molar-refractivity contribution is -0.124. The van der Waals surface area contributed by atoms with Gasteiger partial charge < -0.3 is 5.11 Å². The van der Waals surface area contributed by atoms with Crippen molar-refractivity contribution in [2.45, 2.75) is 13.8 Å². The number of hydrogen-bond acceptors (Lipinski definition) is 2. The molecule has 0 heterocycles. The molecule has 0 aromatic carbocycles. The van der Waals surface area contributed by atoms with Crippen LogP contribution < -0.4 is 0 Å². The zero-order chi connectivity index (χ0) is 5.86. The second-order valence-corrected chi connectivity index (χ2v) is 1.78. The number of ketones is 1. The van der Waals surface area contributed by atoms with Crippen LogP contribution in [0.4, 0.5) is 0 Å². The minimum atomic E-state index is -0.322. The lowest BCUT2D eigenvalue weighted by Crippen LogP contribution is -2.10. The average molecular weight is 104 g/mol. The van der Waals surface area contributed by atoms with Gasteiger partial charge in [0.25, 0.3) is 0 Å². The molecular formula is C5H10O2. The summed E-state index contributed by atoms with van der Waals surface area (Å²) in [5, 5.41) is 8.16. The fraction of sp³-hybridized carbons (Fsp3) is 0.800. The van der Waals surface area contributed by atoms with Gasteiger partial charge >= 0.3 is 0 Å². The molecule has 0 aromatic rings. The smallest absolute Gasteiger partial charge is 0.160 e. The van der Waals surface area contributed by atoms with Gasteiger partial charge in [0.1, 0.15) is 6.61 Å². The summed E-state index contributed by atoms with van der Waals surface area (Å²) in [7, 11) is 0. The zero-order valence-corrected chi connectivity index (χ0v) is 4.64. The second-order valence-electron chi connectivity index (χ2n) is 1.78. The first-order valence-corrected chi connectivity index (χ1v) is 2.32. The molecule has 2 nitrogen and oxygen atoms in total. The highest BCUT2D eigenvalue weighted by atomic mass is 16.4. The van der Waals surface area contributed by atoms with E-state index in [1.54, 1.807) is 13.8 Å². The molecule has 7 heavy (non-hydrogen) atoms. The third kappa shape index (κ3) is 2.34. The van der Waals surface area contributed by atoms with E-state index in [9.17, 15) is 4.79 Å². The Labute approximate surface area is 43.2 Å². The Balaban J connectivity index is 3.35. The molecule has 0 radical (unpaired) electrons. The zero-order valence-electron chi connectivity index (χ0n) is 4.64. The van der Waals surface area contributed by atoms with Crippen LogP contribution in [0.1, 0.15) is 13.8 Å². The average Bonchev–Trinajstić information content (AvgIpc) is 1.65. The van der Waals surface area contributed by atoms with Gasteiger partial charge in [-0.1, -0.05) is 13.8 Å². The Hall–Kier alpha value is -0.370. The maximum Gasteiger partial charge on any atom is 0.160 e. The topological polar surface area (TPSA) is 37.3 Å². The van der Waals surface area contributed by atoms with Crippen LogP contribution in [-0.2, 0) is 4.79 Å². The van der Waals surface area contributed by atoms with Gasteiger partial charge in [-0.25, -0.2) is 0 Å². The van der Waals surface area contributed by atoms with Crippen LogP contribution in [0.5, 0.6) is 0 Å². The Morgan fingerprint density at radius 2 is 2.14 bits per heavy atom. The lowest BCUT2D eigenvalue weighted by Gasteiger charge is -1.95. The van der Waals surface area contributed by atoms with Crippen LogP contribution in [0, 0.1) is 5.92 Å². The Morgan fingerprint density at radius 3 is 2.14 bits per heavy atom. The lowest BCUT2D eigenvalue weighted by atomic mass is 10.4. The molecule has 0 aliphatic heterocycles. The van der Waals surface area contributed by atoms with E-state index in [1.165, 1.54) is 0 Å². The number of Topliss-reactive ketones (excluding diaryl/α,β-unsaturated/α-hetero) is 1. The quantitative estimate of drug-likeness (QED) is 0.543. The fourth-order valence-electron chi connectivity index (χ4n) is 0.183. The molecule has 2 heteroatoms. The highest BCUT2D eigenvalue weighted by Gasteiger charge is 2.02. The summed E-state index contributed by atoms with van der Waals surface area (Å²) >= 11 is 0. The Kier molecular flexibility index (Phi) is 2.60. The summed E-state index contributed by atoms with van der Waals surface area (Å²) in [6, 6.07) is 0. The first kappa shape index (κ1) is 6.63. The summed E-state index contributed by atoms with van der Waals surface area (Å²) in [6.45, 7) is 3.20. The van der Waals surface area contributed by atoms with Gasteiger partial charge in [0.2, 0.25) is 0 Å². The molecule has 0 atom stereocenters. The molecule has 0 aliphatic rings. The van der Waals surface area contributed by atoms with Gasteiger partial charge in [-0.15, -0.1) is 0 Å². The molecule has 0 unspecified atom stereocenters. The van der Waals surface area contributed by atoms with E-state index in [0.717, 1.165) is 0 Å². The maximum absolute atomic E-state index is 10.3. The van der Waals surface area contributed by atoms with Crippen molar-refractivity contribution in [2.75, 3.05) is 6.61 Å². The van der Waals surface area contributed by atoms with Crippen molar-refractivity contribution in [2.24, 2.45) is 5.92 Å². The number of aliphatic hydroxyl groups is 1. The van der Waals surface area contributed by atoms with Crippen LogP contribution in [0.25, 0.3) is 0 Å². The van der Waals surface area contributed by atoms with Crippen LogP contribution in [0.2, 0.25) is 0 Å².